The minimum absolute atomic E-state index is 0.0398. The molecule has 1 aliphatic carbocycles. The van der Waals surface area contributed by atoms with Gasteiger partial charge in [-0.1, -0.05) is 0 Å². The zero-order valence-corrected chi connectivity index (χ0v) is 16.6. The van der Waals surface area contributed by atoms with Crippen LogP contribution >= 0.6 is 0 Å². The molecule has 0 atom stereocenters. The minimum Gasteiger partial charge on any atom is -0.487 e. The number of aryl methyl sites for hydroxylation is 1. The third kappa shape index (κ3) is 2.74. The topological polar surface area (TPSA) is 89.4 Å². The molecule has 1 saturated carbocycles. The Morgan fingerprint density at radius 2 is 1.97 bits per heavy atom. The smallest absolute Gasteiger partial charge is 0.252 e. The van der Waals surface area contributed by atoms with Crippen LogP contribution in [0, 0.1) is 5.92 Å². The maximum atomic E-state index is 12.4. The molecule has 2 aromatic heterocycles. The molecule has 2 amide bonds. The molecule has 0 spiro atoms. The first-order valence-corrected chi connectivity index (χ1v) is 10.3. The molecule has 8 heteroatoms. The number of carbonyl (C=O) groups excluding carboxylic acids is 2. The van der Waals surface area contributed by atoms with E-state index in [0.29, 0.717) is 30.9 Å². The lowest BCUT2D eigenvalue weighted by Gasteiger charge is -2.39. The average Bonchev–Trinajstić information content (AvgIpc) is 3.42. The Morgan fingerprint density at radius 3 is 2.77 bits per heavy atom. The molecule has 2 fully saturated rings. The number of hydrogen-bond donors (Lipinski definition) is 1. The third-order valence-electron chi connectivity index (χ3n) is 6.17. The molecule has 4 heterocycles. The first-order chi connectivity index (χ1) is 14.6. The van der Waals surface area contributed by atoms with Crippen molar-refractivity contribution in [3.05, 3.63) is 41.7 Å². The number of fused-ring (bicyclic) bond motifs is 2. The van der Waals surface area contributed by atoms with Crippen molar-refractivity contribution >= 4 is 22.8 Å². The number of nitrogens with one attached hydrogen (secondary N) is 1. The highest BCUT2D eigenvalue weighted by Crippen LogP contribution is 2.36. The lowest BCUT2D eigenvalue weighted by molar-refractivity contribution is -0.141. The van der Waals surface area contributed by atoms with E-state index < -0.39 is 0 Å². The van der Waals surface area contributed by atoms with Gasteiger partial charge in [0.05, 0.1) is 19.3 Å². The molecule has 3 aromatic rings. The van der Waals surface area contributed by atoms with Crippen LogP contribution in [0.2, 0.25) is 0 Å². The van der Waals surface area contributed by atoms with Crippen molar-refractivity contribution in [1.82, 2.24) is 25.0 Å². The minimum atomic E-state index is -0.0914. The maximum Gasteiger partial charge on any atom is 0.252 e. The average molecular weight is 403 g/mol. The lowest BCUT2D eigenvalue weighted by Crippen LogP contribution is -2.56. The summed E-state index contributed by atoms with van der Waals surface area (Å²) in [6, 6.07) is 5.82. The van der Waals surface area contributed by atoms with Gasteiger partial charge >= 0.3 is 0 Å². The first kappa shape index (κ1) is 17.4. The molecule has 8 nitrogen and oxygen atoms in total. The monoisotopic (exact) mass is 403 g/mol. The van der Waals surface area contributed by atoms with E-state index in [4.69, 9.17) is 4.74 Å². The molecule has 3 aliphatic rings. The van der Waals surface area contributed by atoms with Crippen molar-refractivity contribution in [3.8, 4) is 16.9 Å². The molecule has 0 radical (unpaired) electrons. The maximum absolute atomic E-state index is 12.4. The van der Waals surface area contributed by atoms with Crippen molar-refractivity contribution in [2.45, 2.75) is 25.5 Å². The fourth-order valence-corrected chi connectivity index (χ4v) is 4.29. The Balaban J connectivity index is 1.31. The Kier molecular flexibility index (Phi) is 3.65. The molecule has 152 valence electrons. The molecule has 0 bridgehead atoms. The number of ether oxygens (including phenoxy) is 1. The number of hydrogen-bond acceptors (Lipinski definition) is 5. The summed E-state index contributed by atoms with van der Waals surface area (Å²) in [5.41, 5.74) is 4.26. The molecular formula is C22H21N5O3. The Hall–Kier alpha value is -3.42. The summed E-state index contributed by atoms with van der Waals surface area (Å²) in [6.45, 7) is 1.70. The van der Waals surface area contributed by atoms with Gasteiger partial charge in [0.15, 0.2) is 5.65 Å². The number of rotatable bonds is 4. The van der Waals surface area contributed by atoms with Crippen LogP contribution in [-0.2, 0) is 18.4 Å². The highest BCUT2D eigenvalue weighted by atomic mass is 16.5. The fraction of sp³-hybridized carbons (Fsp3) is 0.364. The molecule has 2 aliphatic heterocycles. The van der Waals surface area contributed by atoms with E-state index in [1.54, 1.807) is 10.9 Å². The number of benzene rings is 1. The van der Waals surface area contributed by atoms with Gasteiger partial charge in [-0.05, 0) is 42.2 Å². The zero-order chi connectivity index (χ0) is 20.4. The molecule has 1 saturated heterocycles. The van der Waals surface area contributed by atoms with Crippen molar-refractivity contribution in [3.63, 3.8) is 0 Å². The Bertz CT molecular complexity index is 1210. The standard InChI is InChI=1S/C22H21N5O3/c1-26-20-14(8-25-26)4-13(7-23-20)17-5-15(6-18-19(17)9-24-21(18)28)30-16-10-27(11-16)22(29)12-2-3-12/h4-8,12,16H,2-3,9-11H2,1H3,(H,24,28). The lowest BCUT2D eigenvalue weighted by atomic mass is 9.97. The summed E-state index contributed by atoms with van der Waals surface area (Å²) >= 11 is 0. The summed E-state index contributed by atoms with van der Waals surface area (Å²) < 4.78 is 7.88. The van der Waals surface area contributed by atoms with Crippen LogP contribution in [0.1, 0.15) is 28.8 Å². The molecule has 1 aromatic carbocycles. The second-order valence-corrected chi connectivity index (χ2v) is 8.34. The number of carbonyl (C=O) groups is 2. The van der Waals surface area contributed by atoms with Crippen molar-refractivity contribution < 1.29 is 14.3 Å². The largest absolute Gasteiger partial charge is 0.487 e. The number of aromatic nitrogens is 3. The normalized spacial score (nSPS) is 18.3. The van der Waals surface area contributed by atoms with Crippen LogP contribution in [-0.4, -0.2) is 50.7 Å². The predicted molar refractivity (Wildman–Crippen MR) is 109 cm³/mol. The number of likely N-dealkylation sites (tertiary alicyclic amines) is 1. The quantitative estimate of drug-likeness (QED) is 0.719. The van der Waals surface area contributed by atoms with Crippen LogP contribution in [0.4, 0.5) is 0 Å². The second kappa shape index (κ2) is 6.29. The van der Waals surface area contributed by atoms with E-state index in [2.05, 4.69) is 15.4 Å². The van der Waals surface area contributed by atoms with Gasteiger partial charge in [0.25, 0.3) is 5.91 Å². The van der Waals surface area contributed by atoms with Gasteiger partial charge in [0.1, 0.15) is 11.9 Å². The fourth-order valence-electron chi connectivity index (χ4n) is 4.29. The van der Waals surface area contributed by atoms with E-state index in [1.807, 2.05) is 36.3 Å². The van der Waals surface area contributed by atoms with Crippen molar-refractivity contribution in [2.24, 2.45) is 13.0 Å². The summed E-state index contributed by atoms with van der Waals surface area (Å²) in [5, 5.41) is 8.11. The molecule has 1 N–H and O–H groups in total. The van der Waals surface area contributed by atoms with Crippen LogP contribution in [0.3, 0.4) is 0 Å². The van der Waals surface area contributed by atoms with Crippen LogP contribution in [0.5, 0.6) is 5.75 Å². The molecular weight excluding hydrogens is 382 g/mol. The Morgan fingerprint density at radius 1 is 1.17 bits per heavy atom. The van der Waals surface area contributed by atoms with Gasteiger partial charge in [0, 0.05) is 42.2 Å². The molecule has 0 unspecified atom stereocenters. The highest BCUT2D eigenvalue weighted by molar-refractivity contribution is 6.01. The number of pyridine rings is 1. The van der Waals surface area contributed by atoms with Gasteiger partial charge in [-0.2, -0.15) is 5.10 Å². The summed E-state index contributed by atoms with van der Waals surface area (Å²) in [7, 11) is 1.86. The van der Waals surface area contributed by atoms with Gasteiger partial charge < -0.3 is 15.0 Å². The van der Waals surface area contributed by atoms with Crippen LogP contribution in [0.15, 0.2) is 30.6 Å². The third-order valence-corrected chi connectivity index (χ3v) is 6.17. The molecule has 30 heavy (non-hydrogen) atoms. The summed E-state index contributed by atoms with van der Waals surface area (Å²) in [6.07, 6.45) is 5.59. The van der Waals surface area contributed by atoms with Gasteiger partial charge in [-0.3, -0.25) is 14.3 Å². The number of nitrogens with zero attached hydrogens (tertiary/aromatic N) is 4. The van der Waals surface area contributed by atoms with Gasteiger partial charge in [0.2, 0.25) is 5.91 Å². The Labute approximate surface area is 172 Å². The van der Waals surface area contributed by atoms with E-state index in [-0.39, 0.29) is 23.8 Å². The number of amides is 2. The molecule has 6 rings (SSSR count). The SMILES string of the molecule is Cn1ncc2cc(-c3cc(OC4CN(C(=O)C5CC5)C4)cc4c3CNC4=O)cnc21. The van der Waals surface area contributed by atoms with E-state index in [9.17, 15) is 9.59 Å². The van der Waals surface area contributed by atoms with Crippen molar-refractivity contribution in [2.75, 3.05) is 13.1 Å². The van der Waals surface area contributed by atoms with E-state index in [1.165, 1.54) is 0 Å². The second-order valence-electron chi connectivity index (χ2n) is 8.34. The van der Waals surface area contributed by atoms with Gasteiger partial charge in [-0.25, -0.2) is 4.98 Å². The van der Waals surface area contributed by atoms with E-state index >= 15 is 0 Å². The summed E-state index contributed by atoms with van der Waals surface area (Å²) in [5.74, 6) is 1.04. The summed E-state index contributed by atoms with van der Waals surface area (Å²) in [4.78, 5) is 30.9. The predicted octanol–water partition coefficient (Wildman–Crippen LogP) is 1.88. The zero-order valence-electron chi connectivity index (χ0n) is 16.6. The van der Waals surface area contributed by atoms with E-state index in [0.717, 1.165) is 40.6 Å². The first-order valence-electron chi connectivity index (χ1n) is 10.3. The van der Waals surface area contributed by atoms with Gasteiger partial charge in [-0.15, -0.1) is 0 Å². The van der Waals surface area contributed by atoms with Crippen LogP contribution in [0.25, 0.3) is 22.2 Å². The van der Waals surface area contributed by atoms with Crippen LogP contribution < -0.4 is 10.1 Å². The van der Waals surface area contributed by atoms with Crippen molar-refractivity contribution in [1.29, 1.82) is 0 Å². The highest BCUT2D eigenvalue weighted by Gasteiger charge is 2.40.